The van der Waals surface area contributed by atoms with E-state index in [2.05, 4.69) is 5.10 Å². The molecule has 0 radical (unpaired) electrons. The molecule has 0 bridgehead atoms. The SMILES string of the molecule is CC1=C(O)Cc2cc(C)nn2C1=O. The molecule has 68 valence electrons. The van der Waals surface area contributed by atoms with E-state index in [1.165, 1.54) is 4.68 Å². The van der Waals surface area contributed by atoms with Crippen molar-refractivity contribution in [1.29, 1.82) is 0 Å². The van der Waals surface area contributed by atoms with E-state index in [1.54, 1.807) is 13.0 Å². The van der Waals surface area contributed by atoms with Crippen LogP contribution in [0.3, 0.4) is 0 Å². The average molecular weight is 178 g/mol. The first-order valence-electron chi connectivity index (χ1n) is 4.08. The Morgan fingerprint density at radius 2 is 2.23 bits per heavy atom. The molecule has 2 rings (SSSR count). The molecule has 4 heteroatoms. The van der Waals surface area contributed by atoms with Gasteiger partial charge in [-0.3, -0.25) is 4.79 Å². The van der Waals surface area contributed by atoms with Crippen LogP contribution in [0.5, 0.6) is 0 Å². The molecule has 1 aliphatic heterocycles. The summed E-state index contributed by atoms with van der Waals surface area (Å²) in [5.41, 5.74) is 1.94. The molecule has 4 nitrogen and oxygen atoms in total. The van der Waals surface area contributed by atoms with Gasteiger partial charge in [-0.05, 0) is 19.9 Å². The molecule has 1 N–H and O–H groups in total. The Bertz CT molecular complexity index is 415. The molecule has 13 heavy (non-hydrogen) atoms. The maximum Gasteiger partial charge on any atom is 0.277 e. The fraction of sp³-hybridized carbons (Fsp3) is 0.333. The van der Waals surface area contributed by atoms with Crippen LogP contribution in [0.1, 0.15) is 23.1 Å². The van der Waals surface area contributed by atoms with E-state index >= 15 is 0 Å². The second kappa shape index (κ2) is 2.45. The number of hydrogen-bond acceptors (Lipinski definition) is 3. The maximum atomic E-state index is 11.5. The number of aliphatic hydroxyl groups is 1. The van der Waals surface area contributed by atoms with Crippen LogP contribution >= 0.6 is 0 Å². The number of hydrogen-bond donors (Lipinski definition) is 1. The lowest BCUT2D eigenvalue weighted by atomic mass is 10.1. The molecule has 0 aromatic carbocycles. The van der Waals surface area contributed by atoms with Crippen molar-refractivity contribution < 1.29 is 9.90 Å². The first-order valence-corrected chi connectivity index (χ1v) is 4.08. The van der Waals surface area contributed by atoms with Crippen molar-refractivity contribution in [2.45, 2.75) is 20.3 Å². The Kier molecular flexibility index (Phi) is 1.52. The summed E-state index contributed by atoms with van der Waals surface area (Å²) in [6.45, 7) is 3.43. The quantitative estimate of drug-likeness (QED) is 0.649. The van der Waals surface area contributed by atoms with Gasteiger partial charge in [0.1, 0.15) is 5.76 Å². The molecular formula is C9H10N2O2. The van der Waals surface area contributed by atoms with Crippen LogP contribution in [0.15, 0.2) is 17.4 Å². The number of nitrogens with zero attached hydrogens (tertiary/aromatic N) is 2. The van der Waals surface area contributed by atoms with Crippen LogP contribution in [0.2, 0.25) is 0 Å². The zero-order valence-electron chi connectivity index (χ0n) is 7.53. The standard InChI is InChI=1S/C9H10N2O2/c1-5-3-7-4-8(12)6(2)9(13)11(7)10-5/h3,12H,4H2,1-2H3. The highest BCUT2D eigenvalue weighted by Gasteiger charge is 2.23. The van der Waals surface area contributed by atoms with Gasteiger partial charge in [0.25, 0.3) is 5.91 Å². The van der Waals surface area contributed by atoms with Crippen molar-refractivity contribution in [3.8, 4) is 0 Å². The molecular weight excluding hydrogens is 168 g/mol. The molecule has 2 heterocycles. The van der Waals surface area contributed by atoms with Crippen molar-refractivity contribution >= 4 is 5.91 Å². The summed E-state index contributed by atoms with van der Waals surface area (Å²) in [5, 5.41) is 13.5. The monoisotopic (exact) mass is 178 g/mol. The molecule has 1 aliphatic rings. The van der Waals surface area contributed by atoms with Crippen molar-refractivity contribution in [1.82, 2.24) is 9.78 Å². The van der Waals surface area contributed by atoms with Crippen LogP contribution in [0.25, 0.3) is 0 Å². The van der Waals surface area contributed by atoms with Crippen LogP contribution in [-0.2, 0) is 6.42 Å². The van der Waals surface area contributed by atoms with Crippen LogP contribution in [0.4, 0.5) is 0 Å². The van der Waals surface area contributed by atoms with Gasteiger partial charge in [0.2, 0.25) is 0 Å². The van der Waals surface area contributed by atoms with Gasteiger partial charge >= 0.3 is 0 Å². The van der Waals surface area contributed by atoms with E-state index in [9.17, 15) is 9.90 Å². The second-order valence-corrected chi connectivity index (χ2v) is 3.24. The van der Waals surface area contributed by atoms with Gasteiger partial charge in [-0.15, -0.1) is 0 Å². The third-order valence-electron chi connectivity index (χ3n) is 2.20. The number of aryl methyl sites for hydroxylation is 1. The Hall–Kier alpha value is -1.58. The van der Waals surface area contributed by atoms with Crippen LogP contribution in [-0.4, -0.2) is 20.8 Å². The Morgan fingerprint density at radius 3 is 2.92 bits per heavy atom. The normalized spacial score (nSPS) is 16.3. The van der Waals surface area contributed by atoms with Gasteiger partial charge in [-0.1, -0.05) is 0 Å². The second-order valence-electron chi connectivity index (χ2n) is 3.24. The molecule has 0 fully saturated rings. The van der Waals surface area contributed by atoms with Gasteiger partial charge in [-0.25, -0.2) is 4.68 Å². The van der Waals surface area contributed by atoms with Gasteiger partial charge < -0.3 is 5.11 Å². The molecule has 0 unspecified atom stereocenters. The van der Waals surface area contributed by atoms with Crippen molar-refractivity contribution in [3.05, 3.63) is 28.8 Å². The van der Waals surface area contributed by atoms with E-state index in [0.29, 0.717) is 12.0 Å². The molecule has 1 aromatic rings. The van der Waals surface area contributed by atoms with Crippen LogP contribution in [0, 0.1) is 6.92 Å². The fourth-order valence-corrected chi connectivity index (χ4v) is 1.44. The number of fused-ring (bicyclic) bond motifs is 1. The molecule has 0 amide bonds. The number of aliphatic hydroxyl groups excluding tert-OH is 1. The fourth-order valence-electron chi connectivity index (χ4n) is 1.44. The third-order valence-corrected chi connectivity index (χ3v) is 2.20. The van der Waals surface area contributed by atoms with E-state index in [4.69, 9.17) is 0 Å². The molecule has 0 saturated heterocycles. The minimum absolute atomic E-state index is 0.150. The summed E-state index contributed by atoms with van der Waals surface area (Å²) in [5.74, 6) is -0.0794. The average Bonchev–Trinajstić information content (AvgIpc) is 2.42. The number of rotatable bonds is 0. The van der Waals surface area contributed by atoms with Crippen molar-refractivity contribution in [3.63, 3.8) is 0 Å². The maximum absolute atomic E-state index is 11.5. The predicted octanol–water partition coefficient (Wildman–Crippen LogP) is 1.22. The lowest BCUT2D eigenvalue weighted by Gasteiger charge is -2.13. The number of carbonyl (C=O) groups is 1. The molecule has 0 spiro atoms. The molecule has 0 saturated carbocycles. The zero-order valence-corrected chi connectivity index (χ0v) is 7.53. The lowest BCUT2D eigenvalue weighted by molar-refractivity contribution is 0.0922. The van der Waals surface area contributed by atoms with Crippen LogP contribution < -0.4 is 0 Å². The largest absolute Gasteiger partial charge is 0.511 e. The minimum atomic E-state index is -0.230. The lowest BCUT2D eigenvalue weighted by Crippen LogP contribution is -2.23. The highest BCUT2D eigenvalue weighted by Crippen LogP contribution is 2.18. The first kappa shape index (κ1) is 8.04. The number of allylic oxidation sites excluding steroid dienone is 2. The Labute approximate surface area is 75.5 Å². The Balaban J connectivity index is 2.57. The summed E-state index contributed by atoms with van der Waals surface area (Å²) >= 11 is 0. The van der Waals surface area contributed by atoms with E-state index in [1.807, 2.05) is 6.92 Å². The van der Waals surface area contributed by atoms with Gasteiger partial charge in [0.05, 0.1) is 17.0 Å². The zero-order chi connectivity index (χ0) is 9.59. The van der Waals surface area contributed by atoms with Gasteiger partial charge in [0.15, 0.2) is 0 Å². The summed E-state index contributed by atoms with van der Waals surface area (Å²) in [6.07, 6.45) is 0.401. The summed E-state index contributed by atoms with van der Waals surface area (Å²) < 4.78 is 1.35. The van der Waals surface area contributed by atoms with Crippen molar-refractivity contribution in [2.75, 3.05) is 0 Å². The summed E-state index contributed by atoms with van der Waals surface area (Å²) in [6, 6.07) is 1.81. The minimum Gasteiger partial charge on any atom is -0.511 e. The highest BCUT2D eigenvalue weighted by atomic mass is 16.3. The highest BCUT2D eigenvalue weighted by molar-refractivity contribution is 5.96. The van der Waals surface area contributed by atoms with E-state index in [0.717, 1.165) is 11.4 Å². The van der Waals surface area contributed by atoms with E-state index in [-0.39, 0.29) is 11.7 Å². The third kappa shape index (κ3) is 1.06. The molecule has 0 aliphatic carbocycles. The summed E-state index contributed by atoms with van der Waals surface area (Å²) in [4.78, 5) is 11.5. The van der Waals surface area contributed by atoms with Gasteiger partial charge in [0, 0.05) is 6.42 Å². The number of aromatic nitrogens is 2. The molecule has 0 atom stereocenters. The smallest absolute Gasteiger partial charge is 0.277 e. The van der Waals surface area contributed by atoms with Gasteiger partial charge in [-0.2, -0.15) is 5.10 Å². The first-order chi connectivity index (χ1) is 6.09. The van der Waals surface area contributed by atoms with E-state index < -0.39 is 0 Å². The number of carbonyl (C=O) groups excluding carboxylic acids is 1. The van der Waals surface area contributed by atoms with Crippen molar-refractivity contribution in [2.24, 2.45) is 0 Å². The topological polar surface area (TPSA) is 55.1 Å². The predicted molar refractivity (Wildman–Crippen MR) is 46.6 cm³/mol. The Morgan fingerprint density at radius 1 is 1.54 bits per heavy atom. The summed E-state index contributed by atoms with van der Waals surface area (Å²) in [7, 11) is 0. The molecule has 1 aromatic heterocycles.